The predicted octanol–water partition coefficient (Wildman–Crippen LogP) is 14.7. The van der Waals surface area contributed by atoms with Crippen LogP contribution in [-0.2, 0) is 14.3 Å². The fraction of sp³-hybridized carbons (Fsp3) is 0.571. The number of hydrogen-bond acceptors (Lipinski definition) is 5. The molecule has 3 unspecified atom stereocenters. The molecule has 0 aliphatic rings. The minimum atomic E-state index is -0.827. The van der Waals surface area contributed by atoms with Crippen molar-refractivity contribution in [2.24, 2.45) is 0 Å². The summed E-state index contributed by atoms with van der Waals surface area (Å²) < 4.78 is 5.84. The van der Waals surface area contributed by atoms with E-state index in [9.17, 15) is 19.8 Å². The molecule has 0 saturated carbocycles. The van der Waals surface area contributed by atoms with Gasteiger partial charge in [0.1, 0.15) is 6.10 Å². The van der Waals surface area contributed by atoms with Crippen molar-refractivity contribution in [1.82, 2.24) is 5.32 Å². The topological polar surface area (TPSA) is 95.9 Å². The Hall–Kier alpha value is -4.00. The molecule has 0 aromatic rings. The van der Waals surface area contributed by atoms with E-state index in [0.717, 1.165) is 77.0 Å². The van der Waals surface area contributed by atoms with Crippen LogP contribution in [0, 0.1) is 0 Å². The molecule has 0 aromatic carbocycles. The molecule has 0 saturated heterocycles. The number of rotatable bonds is 41. The molecule has 6 nitrogen and oxygen atoms in total. The molecule has 0 aromatic heterocycles. The maximum absolute atomic E-state index is 13.2. The highest BCUT2D eigenvalue weighted by molar-refractivity contribution is 5.77. The van der Waals surface area contributed by atoms with Crippen molar-refractivity contribution in [2.45, 2.75) is 200 Å². The highest BCUT2D eigenvalue weighted by Crippen LogP contribution is 2.15. The Balaban J connectivity index is 4.84. The lowest BCUT2D eigenvalue weighted by Crippen LogP contribution is -2.46. The Morgan fingerprint density at radius 1 is 0.500 bits per heavy atom. The Morgan fingerprint density at radius 3 is 1.45 bits per heavy atom. The monoisotopic (exact) mass is 856 g/mol. The first-order valence-electron chi connectivity index (χ1n) is 24.5. The number of hydrogen-bond donors (Lipinski definition) is 3. The van der Waals surface area contributed by atoms with Gasteiger partial charge in [0.2, 0.25) is 5.91 Å². The number of carbonyl (C=O) groups excluding carboxylic acids is 2. The van der Waals surface area contributed by atoms with Gasteiger partial charge in [-0.25, -0.2) is 0 Å². The van der Waals surface area contributed by atoms with E-state index < -0.39 is 18.2 Å². The van der Waals surface area contributed by atoms with Crippen LogP contribution in [0.2, 0.25) is 0 Å². The number of amides is 1. The molecular weight excluding hydrogens is 767 g/mol. The van der Waals surface area contributed by atoms with Gasteiger partial charge in [0.15, 0.2) is 0 Å². The number of allylic oxidation sites excluding steroid dienone is 22. The number of aliphatic hydroxyl groups excluding tert-OH is 2. The summed E-state index contributed by atoms with van der Waals surface area (Å²) in [4.78, 5) is 26.0. The normalized spacial score (nSPS) is 14.5. The molecular formula is C56H89NO5. The summed E-state index contributed by atoms with van der Waals surface area (Å²) in [5.74, 6) is -0.664. The lowest BCUT2D eigenvalue weighted by atomic mass is 10.0. The van der Waals surface area contributed by atoms with E-state index in [2.05, 4.69) is 105 Å². The van der Waals surface area contributed by atoms with Crippen LogP contribution in [0.1, 0.15) is 181 Å². The van der Waals surface area contributed by atoms with E-state index in [1.54, 1.807) is 0 Å². The third kappa shape index (κ3) is 42.7. The van der Waals surface area contributed by atoms with Gasteiger partial charge in [-0.3, -0.25) is 9.59 Å². The third-order valence-electron chi connectivity index (χ3n) is 10.1. The second kappa shape index (κ2) is 48.0. The van der Waals surface area contributed by atoms with E-state index in [1.165, 1.54) is 51.4 Å². The Morgan fingerprint density at radius 2 is 0.952 bits per heavy atom. The van der Waals surface area contributed by atoms with Crippen LogP contribution in [0.25, 0.3) is 0 Å². The van der Waals surface area contributed by atoms with E-state index in [1.807, 2.05) is 54.7 Å². The first-order valence-corrected chi connectivity index (χ1v) is 24.5. The average Bonchev–Trinajstić information content (AvgIpc) is 3.26. The maximum Gasteiger partial charge on any atom is 0.306 e. The smallest absolute Gasteiger partial charge is 0.306 e. The van der Waals surface area contributed by atoms with Crippen LogP contribution < -0.4 is 5.32 Å². The number of carbonyl (C=O) groups is 2. The summed E-state index contributed by atoms with van der Waals surface area (Å²) >= 11 is 0. The minimum Gasteiger partial charge on any atom is -0.462 e. The van der Waals surface area contributed by atoms with Gasteiger partial charge in [-0.15, -0.1) is 0 Å². The molecule has 0 fully saturated rings. The van der Waals surface area contributed by atoms with E-state index in [-0.39, 0.29) is 31.3 Å². The van der Waals surface area contributed by atoms with Crippen molar-refractivity contribution in [1.29, 1.82) is 0 Å². The molecule has 0 heterocycles. The summed E-state index contributed by atoms with van der Waals surface area (Å²) in [5, 5.41) is 23.6. The van der Waals surface area contributed by atoms with Gasteiger partial charge in [-0.05, 0) is 77.0 Å². The predicted molar refractivity (Wildman–Crippen MR) is 268 cm³/mol. The van der Waals surface area contributed by atoms with Crippen LogP contribution in [0.4, 0.5) is 0 Å². The zero-order valence-corrected chi connectivity index (χ0v) is 39.4. The minimum absolute atomic E-state index is 0.0112. The zero-order valence-electron chi connectivity index (χ0n) is 39.4. The molecule has 62 heavy (non-hydrogen) atoms. The number of esters is 1. The molecule has 0 spiro atoms. The maximum atomic E-state index is 13.2. The highest BCUT2D eigenvalue weighted by atomic mass is 16.5. The zero-order chi connectivity index (χ0) is 45.2. The molecule has 0 aliphatic heterocycles. The van der Waals surface area contributed by atoms with Gasteiger partial charge >= 0.3 is 5.97 Å². The van der Waals surface area contributed by atoms with Crippen LogP contribution >= 0.6 is 0 Å². The molecule has 0 rings (SSSR count). The first kappa shape index (κ1) is 58.0. The standard InChI is InChI=1S/C56H89NO5/c1-4-7-10-13-16-19-22-24-25-26-27-28-29-31-34-37-40-43-46-49-56(61)62-52(47-44-41-38-35-33-30-23-20-17-14-11-8-5-2)50-55(60)57-53(51-58)54(59)48-45-42-39-36-32-21-18-15-12-9-6-3/h7-8,10-11,14,16-17,19-20,23-25,27-28,30-31,33-35,38,40,43,52-54,58-59H,4-6,9,12-13,15,18,21-22,26,29,32,36-37,39,41-42,44-51H2,1-3H3,(H,57,60)/b10-7-,11-8+,17-14+,19-16-,23-20-,25-24-,28-27-,33-30-,34-31-,38-35+,43-40-. The molecule has 1 amide bonds. The third-order valence-corrected chi connectivity index (χ3v) is 10.1. The van der Waals surface area contributed by atoms with Gasteiger partial charge in [-0.2, -0.15) is 0 Å². The lowest BCUT2D eigenvalue weighted by molar-refractivity contribution is -0.150. The molecule has 0 aliphatic carbocycles. The number of ether oxygens (including phenoxy) is 1. The van der Waals surface area contributed by atoms with Gasteiger partial charge in [-0.1, -0.05) is 225 Å². The van der Waals surface area contributed by atoms with E-state index in [4.69, 9.17) is 4.74 Å². The summed E-state index contributed by atoms with van der Waals surface area (Å²) in [7, 11) is 0. The largest absolute Gasteiger partial charge is 0.462 e. The molecule has 3 N–H and O–H groups in total. The summed E-state index contributed by atoms with van der Waals surface area (Å²) in [6.45, 7) is 6.15. The first-order chi connectivity index (χ1) is 30.5. The van der Waals surface area contributed by atoms with Gasteiger partial charge in [0.25, 0.3) is 0 Å². The van der Waals surface area contributed by atoms with Crippen molar-refractivity contribution in [3.63, 3.8) is 0 Å². The van der Waals surface area contributed by atoms with Crippen LogP contribution in [-0.4, -0.2) is 46.9 Å². The highest BCUT2D eigenvalue weighted by Gasteiger charge is 2.23. The van der Waals surface area contributed by atoms with Crippen molar-refractivity contribution in [3.05, 3.63) is 134 Å². The fourth-order valence-corrected chi connectivity index (χ4v) is 6.48. The Kier molecular flexibility index (Phi) is 44.9. The quantitative estimate of drug-likeness (QED) is 0.0246. The van der Waals surface area contributed by atoms with Gasteiger partial charge < -0.3 is 20.3 Å². The van der Waals surface area contributed by atoms with Gasteiger partial charge in [0.05, 0.1) is 25.2 Å². The van der Waals surface area contributed by atoms with Crippen molar-refractivity contribution >= 4 is 11.9 Å². The van der Waals surface area contributed by atoms with Crippen LogP contribution in [0.3, 0.4) is 0 Å². The molecule has 0 bridgehead atoms. The second-order valence-electron chi connectivity index (χ2n) is 15.9. The summed E-state index contributed by atoms with van der Waals surface area (Å²) in [5.41, 5.74) is 0. The SMILES string of the molecule is CC/C=C\C/C=C\C/C=C\C/C=C\C/C=C\C/C=C\CCC(=O)OC(CCC/C=C/C=C\C=C/C=C/C=C/CC)CC(=O)NC(CO)C(O)CCCCCCCCCCCCC. The van der Waals surface area contributed by atoms with Crippen molar-refractivity contribution < 1.29 is 24.5 Å². The number of aliphatic hydroxyl groups is 2. The molecule has 348 valence electrons. The van der Waals surface area contributed by atoms with E-state index in [0.29, 0.717) is 19.3 Å². The summed E-state index contributed by atoms with van der Waals surface area (Å²) in [6, 6.07) is -0.748. The molecule has 0 radical (unpaired) electrons. The molecule has 6 heteroatoms. The van der Waals surface area contributed by atoms with Crippen molar-refractivity contribution in [3.8, 4) is 0 Å². The van der Waals surface area contributed by atoms with Crippen molar-refractivity contribution in [2.75, 3.05) is 6.61 Å². The Labute approximate surface area is 380 Å². The molecule has 3 atom stereocenters. The number of nitrogens with one attached hydrogen (secondary N) is 1. The van der Waals surface area contributed by atoms with E-state index >= 15 is 0 Å². The van der Waals surface area contributed by atoms with Crippen LogP contribution in [0.15, 0.2) is 134 Å². The van der Waals surface area contributed by atoms with Gasteiger partial charge in [0, 0.05) is 6.42 Å². The fourth-order valence-electron chi connectivity index (χ4n) is 6.48. The Bertz CT molecular complexity index is 1370. The number of unbranched alkanes of at least 4 members (excludes halogenated alkanes) is 11. The summed E-state index contributed by atoms with van der Waals surface area (Å²) in [6.07, 6.45) is 68.1. The second-order valence-corrected chi connectivity index (χ2v) is 15.9. The van der Waals surface area contributed by atoms with Crippen LogP contribution in [0.5, 0.6) is 0 Å². The average molecular weight is 856 g/mol. The lowest BCUT2D eigenvalue weighted by Gasteiger charge is -2.24.